The molecule has 1 fully saturated rings. The predicted octanol–water partition coefficient (Wildman–Crippen LogP) is -4.12. The Kier molecular flexibility index (Phi) is 8.29. The molecule has 1 rings (SSSR count). The molecule has 1 saturated heterocycles. The fourth-order valence-corrected chi connectivity index (χ4v) is 2.07. The Morgan fingerprint density at radius 2 is 1.58 bits per heavy atom. The number of aliphatic hydroxyl groups is 7. The summed E-state index contributed by atoms with van der Waals surface area (Å²) in [6.07, 6.45) is -6.54. The fourth-order valence-electron chi connectivity index (χ4n) is 2.07. The maximum absolute atomic E-state index is 9.68. The molecule has 0 aromatic heterocycles. The highest BCUT2D eigenvalue weighted by atomic mass is 35.5. The minimum atomic E-state index is -1.36. The first-order valence-electron chi connectivity index (χ1n) is 5.78. The molecule has 1 heterocycles. The van der Waals surface area contributed by atoms with Gasteiger partial charge in [0.05, 0.1) is 31.5 Å². The topological polar surface area (TPSA) is 145 Å². The molecule has 0 bridgehead atoms. The van der Waals surface area contributed by atoms with Crippen molar-refractivity contribution in [3.63, 3.8) is 0 Å². The summed E-state index contributed by atoms with van der Waals surface area (Å²) in [4.78, 5) is 1.37. The molecule has 9 heteroatoms. The molecule has 0 unspecified atom stereocenters. The molecule has 0 radical (unpaired) electrons. The molecule has 6 atom stereocenters. The van der Waals surface area contributed by atoms with Crippen LogP contribution in [-0.2, 0) is 0 Å². The zero-order valence-corrected chi connectivity index (χ0v) is 11.1. The van der Waals surface area contributed by atoms with E-state index in [9.17, 15) is 25.5 Å². The average Bonchev–Trinajstić information content (AvgIpc) is 2.35. The Morgan fingerprint density at radius 1 is 1.00 bits per heavy atom. The summed E-state index contributed by atoms with van der Waals surface area (Å²) in [6.45, 7) is -1.29. The highest BCUT2D eigenvalue weighted by molar-refractivity contribution is 5.85. The molecule has 7 N–H and O–H groups in total. The van der Waals surface area contributed by atoms with Crippen molar-refractivity contribution in [2.45, 2.75) is 36.6 Å². The largest absolute Gasteiger partial charge is 0.395 e. The highest BCUT2D eigenvalue weighted by Gasteiger charge is 2.41. The zero-order chi connectivity index (χ0) is 13.9. The lowest BCUT2D eigenvalue weighted by molar-refractivity contribution is -0.154. The molecule has 8 nitrogen and oxygen atoms in total. The molecule has 0 aliphatic carbocycles. The summed E-state index contributed by atoms with van der Waals surface area (Å²) >= 11 is 0. The second kappa shape index (κ2) is 8.30. The highest BCUT2D eigenvalue weighted by Crippen LogP contribution is 2.19. The first-order valence-corrected chi connectivity index (χ1v) is 5.78. The normalized spacial score (nSPS) is 35.5. The van der Waals surface area contributed by atoms with Gasteiger partial charge in [-0.1, -0.05) is 0 Å². The Hall–Kier alpha value is -0.0300. The number of β-amino-alcohol motifs (C(OH)–C–C–N with tert-alkyl or cyclic N) is 2. The van der Waals surface area contributed by atoms with Gasteiger partial charge in [-0.15, -0.1) is 12.4 Å². The van der Waals surface area contributed by atoms with Gasteiger partial charge < -0.3 is 35.7 Å². The lowest BCUT2D eigenvalue weighted by Crippen LogP contribution is -2.64. The Balaban J connectivity index is 0.00000324. The van der Waals surface area contributed by atoms with Crippen LogP contribution in [0.15, 0.2) is 0 Å². The van der Waals surface area contributed by atoms with E-state index in [1.165, 1.54) is 4.90 Å². The molecule has 0 spiro atoms. The van der Waals surface area contributed by atoms with Crippen LogP contribution < -0.4 is 0 Å². The molecule has 0 saturated carbocycles. The van der Waals surface area contributed by atoms with Crippen molar-refractivity contribution in [1.29, 1.82) is 0 Å². The van der Waals surface area contributed by atoms with Crippen LogP contribution in [0.3, 0.4) is 0 Å². The smallest absolute Gasteiger partial charge is 0.109 e. The van der Waals surface area contributed by atoms with E-state index in [2.05, 4.69) is 0 Å². The summed E-state index contributed by atoms with van der Waals surface area (Å²) in [7, 11) is 0. The molecule has 0 aromatic rings. The van der Waals surface area contributed by atoms with Gasteiger partial charge in [0.1, 0.15) is 18.3 Å². The Bertz CT molecular complexity index is 260. The van der Waals surface area contributed by atoms with Gasteiger partial charge in [0.25, 0.3) is 0 Å². The van der Waals surface area contributed by atoms with Crippen LogP contribution in [0.25, 0.3) is 0 Å². The van der Waals surface area contributed by atoms with Gasteiger partial charge in [-0.05, 0) is 0 Å². The van der Waals surface area contributed by atoms with E-state index in [0.717, 1.165) is 0 Å². The fraction of sp³-hybridized carbons (Fsp3) is 1.00. The lowest BCUT2D eigenvalue weighted by atomic mass is 9.93. The van der Waals surface area contributed by atoms with Crippen LogP contribution in [0.4, 0.5) is 0 Å². The van der Waals surface area contributed by atoms with E-state index < -0.39 is 49.8 Å². The van der Waals surface area contributed by atoms with Gasteiger partial charge in [-0.2, -0.15) is 0 Å². The third kappa shape index (κ3) is 4.48. The summed E-state index contributed by atoms with van der Waals surface area (Å²) in [5.41, 5.74) is 0. The number of rotatable bonds is 5. The molecular formula is C10H22ClNO7. The van der Waals surface area contributed by atoms with Crippen molar-refractivity contribution in [3.05, 3.63) is 0 Å². The van der Waals surface area contributed by atoms with Crippen molar-refractivity contribution in [1.82, 2.24) is 4.90 Å². The first kappa shape index (κ1) is 19.0. The molecule has 0 aromatic carbocycles. The predicted molar refractivity (Wildman–Crippen MR) is 66.8 cm³/mol. The lowest BCUT2D eigenvalue weighted by Gasteiger charge is -2.44. The second-order valence-electron chi connectivity index (χ2n) is 4.57. The van der Waals surface area contributed by atoms with E-state index in [-0.39, 0.29) is 25.5 Å². The van der Waals surface area contributed by atoms with E-state index >= 15 is 0 Å². The summed E-state index contributed by atoms with van der Waals surface area (Å²) < 4.78 is 0. The van der Waals surface area contributed by atoms with Gasteiger partial charge in [0, 0.05) is 13.1 Å². The van der Waals surface area contributed by atoms with Crippen LogP contribution in [0, 0.1) is 0 Å². The quantitative estimate of drug-likeness (QED) is 0.271. The van der Waals surface area contributed by atoms with Gasteiger partial charge in [0.2, 0.25) is 0 Å². The minimum Gasteiger partial charge on any atom is -0.395 e. The number of aliphatic hydroxyl groups excluding tert-OH is 7. The van der Waals surface area contributed by atoms with Crippen LogP contribution in [0.1, 0.15) is 0 Å². The minimum absolute atomic E-state index is 0. The maximum atomic E-state index is 9.68. The van der Waals surface area contributed by atoms with Crippen molar-refractivity contribution in [2.75, 3.05) is 26.3 Å². The Labute approximate surface area is 116 Å². The number of piperidine rings is 1. The van der Waals surface area contributed by atoms with Gasteiger partial charge in [-0.3, -0.25) is 4.90 Å². The number of halogens is 1. The van der Waals surface area contributed by atoms with Gasteiger partial charge in [-0.25, -0.2) is 0 Å². The van der Waals surface area contributed by atoms with E-state index in [0.29, 0.717) is 0 Å². The van der Waals surface area contributed by atoms with Crippen molar-refractivity contribution < 1.29 is 35.7 Å². The zero-order valence-electron chi connectivity index (χ0n) is 10.3. The molecule has 1 aliphatic rings. The third-order valence-electron chi connectivity index (χ3n) is 3.27. The van der Waals surface area contributed by atoms with Crippen molar-refractivity contribution in [2.24, 2.45) is 0 Å². The van der Waals surface area contributed by atoms with E-state index in [4.69, 9.17) is 10.2 Å². The Morgan fingerprint density at radius 3 is 2.05 bits per heavy atom. The summed E-state index contributed by atoms with van der Waals surface area (Å²) in [5.74, 6) is 0. The summed E-state index contributed by atoms with van der Waals surface area (Å²) in [6, 6.07) is -0.844. The average molecular weight is 304 g/mol. The molecule has 0 amide bonds. The molecule has 19 heavy (non-hydrogen) atoms. The third-order valence-corrected chi connectivity index (χ3v) is 3.27. The van der Waals surface area contributed by atoms with Crippen molar-refractivity contribution in [3.8, 4) is 0 Å². The monoisotopic (exact) mass is 303 g/mol. The maximum Gasteiger partial charge on any atom is 0.109 e. The molecule has 116 valence electrons. The summed E-state index contributed by atoms with van der Waals surface area (Å²) in [5, 5.41) is 65.3. The van der Waals surface area contributed by atoms with E-state index in [1.54, 1.807) is 0 Å². The van der Waals surface area contributed by atoms with Crippen LogP contribution in [-0.4, -0.2) is 104 Å². The van der Waals surface area contributed by atoms with Crippen LogP contribution in [0.5, 0.6) is 0 Å². The van der Waals surface area contributed by atoms with Crippen LogP contribution in [0.2, 0.25) is 0 Å². The standard InChI is InChI=1S/C10H21NO7.ClH/c12-3-5-9(17)10(18)7(15)2-11(5)1-6(14)8(16)4-13;/h5-10,12-18H,1-4H2;1H/t5-,6-,7+,8+,9-,10-;/m1./s1. The number of hydrogen-bond donors (Lipinski definition) is 7. The molecular weight excluding hydrogens is 282 g/mol. The SMILES string of the molecule is Cl.OC[C@@H]1[C@@H](O)[C@H](O)[C@@H](O)CN1C[C@@H](O)[C@@H](O)CO. The number of likely N-dealkylation sites (tertiary alicyclic amines) is 1. The number of hydrogen-bond acceptors (Lipinski definition) is 8. The first-order chi connectivity index (χ1) is 8.42. The van der Waals surface area contributed by atoms with Gasteiger partial charge >= 0.3 is 0 Å². The number of nitrogens with zero attached hydrogens (tertiary/aromatic N) is 1. The van der Waals surface area contributed by atoms with Gasteiger partial charge in [0.15, 0.2) is 0 Å². The molecule has 1 aliphatic heterocycles. The van der Waals surface area contributed by atoms with Crippen LogP contribution >= 0.6 is 12.4 Å². The second-order valence-corrected chi connectivity index (χ2v) is 4.57. The van der Waals surface area contributed by atoms with Crippen molar-refractivity contribution >= 4 is 12.4 Å². The van der Waals surface area contributed by atoms with E-state index in [1.807, 2.05) is 0 Å².